The van der Waals surface area contributed by atoms with E-state index in [0.717, 1.165) is 12.3 Å². The second-order valence-corrected chi connectivity index (χ2v) is 3.62. The van der Waals surface area contributed by atoms with Crippen molar-refractivity contribution in [1.82, 2.24) is 5.32 Å². The third-order valence-corrected chi connectivity index (χ3v) is 2.26. The van der Waals surface area contributed by atoms with E-state index in [1.54, 1.807) is 0 Å². The van der Waals surface area contributed by atoms with Crippen molar-refractivity contribution in [2.45, 2.75) is 38.6 Å². The van der Waals surface area contributed by atoms with Gasteiger partial charge in [0.15, 0.2) is 0 Å². The molecule has 1 aliphatic rings. The summed E-state index contributed by atoms with van der Waals surface area (Å²) in [6, 6.07) is 0.675. The van der Waals surface area contributed by atoms with Crippen LogP contribution in [0.5, 0.6) is 0 Å². The van der Waals surface area contributed by atoms with Crippen LogP contribution in [0.3, 0.4) is 0 Å². The molecule has 0 saturated heterocycles. The van der Waals surface area contributed by atoms with Crippen LogP contribution < -0.4 is 5.32 Å². The topological polar surface area (TPSA) is 12.0 Å². The average Bonchev–Trinajstić information content (AvgIpc) is 2.80. The van der Waals surface area contributed by atoms with Crippen molar-refractivity contribution in [2.24, 2.45) is 5.92 Å². The highest BCUT2D eigenvalue weighted by Gasteiger charge is 2.20. The predicted octanol–water partition coefficient (Wildman–Crippen LogP) is 2.34. The van der Waals surface area contributed by atoms with E-state index in [4.69, 9.17) is 0 Å². The molecule has 64 valence electrons. The van der Waals surface area contributed by atoms with Gasteiger partial charge in [0.25, 0.3) is 0 Å². The summed E-state index contributed by atoms with van der Waals surface area (Å²) in [5.74, 6) is 1.00. The Kier molecular flexibility index (Phi) is 3.64. The van der Waals surface area contributed by atoms with Gasteiger partial charge in [-0.3, -0.25) is 0 Å². The predicted molar refractivity (Wildman–Crippen MR) is 49.6 cm³/mol. The fourth-order valence-electron chi connectivity index (χ4n) is 1.16. The van der Waals surface area contributed by atoms with Crippen molar-refractivity contribution in [3.8, 4) is 0 Å². The van der Waals surface area contributed by atoms with Gasteiger partial charge in [0.1, 0.15) is 0 Å². The zero-order chi connectivity index (χ0) is 8.10. The highest BCUT2D eigenvalue weighted by molar-refractivity contribution is 4.78. The van der Waals surface area contributed by atoms with Gasteiger partial charge in [0, 0.05) is 6.04 Å². The molecule has 0 aliphatic heterocycles. The minimum absolute atomic E-state index is 0.675. The lowest BCUT2D eigenvalue weighted by Crippen LogP contribution is -2.27. The molecule has 1 rings (SSSR count). The molecule has 0 amide bonds. The molecule has 1 saturated carbocycles. The molecule has 0 aromatic rings. The van der Waals surface area contributed by atoms with E-state index in [-0.39, 0.29) is 0 Å². The molecule has 0 aromatic heterocycles. The standard InChI is InChI=1S/C10H19N/c1-3-4-5-9(2)11-8-10-6-7-10/h3,9-11H,1,4-8H2,2H3. The van der Waals surface area contributed by atoms with Gasteiger partial charge in [-0.2, -0.15) is 0 Å². The summed E-state index contributed by atoms with van der Waals surface area (Å²) in [7, 11) is 0. The van der Waals surface area contributed by atoms with Gasteiger partial charge in [0.05, 0.1) is 0 Å². The van der Waals surface area contributed by atoms with Crippen LogP contribution in [0, 0.1) is 5.92 Å². The first-order valence-corrected chi connectivity index (χ1v) is 4.67. The molecule has 1 fully saturated rings. The van der Waals surface area contributed by atoms with Gasteiger partial charge >= 0.3 is 0 Å². The number of rotatable bonds is 6. The molecule has 1 heteroatoms. The average molecular weight is 153 g/mol. The molecule has 11 heavy (non-hydrogen) atoms. The van der Waals surface area contributed by atoms with Crippen molar-refractivity contribution in [3.05, 3.63) is 12.7 Å². The molecule has 0 radical (unpaired) electrons. The van der Waals surface area contributed by atoms with Crippen molar-refractivity contribution in [2.75, 3.05) is 6.54 Å². The van der Waals surface area contributed by atoms with Crippen LogP contribution in [-0.4, -0.2) is 12.6 Å². The highest BCUT2D eigenvalue weighted by atomic mass is 14.9. The van der Waals surface area contributed by atoms with Gasteiger partial charge in [-0.15, -0.1) is 6.58 Å². The van der Waals surface area contributed by atoms with Crippen LogP contribution >= 0.6 is 0 Å². The van der Waals surface area contributed by atoms with E-state index in [1.807, 2.05) is 6.08 Å². The zero-order valence-electron chi connectivity index (χ0n) is 7.47. The number of hydrogen-bond acceptors (Lipinski definition) is 1. The second-order valence-electron chi connectivity index (χ2n) is 3.62. The third-order valence-electron chi connectivity index (χ3n) is 2.26. The molecule has 1 atom stereocenters. The van der Waals surface area contributed by atoms with Crippen molar-refractivity contribution in [3.63, 3.8) is 0 Å². The quantitative estimate of drug-likeness (QED) is 0.577. The van der Waals surface area contributed by atoms with E-state index in [1.165, 1.54) is 25.8 Å². The fraction of sp³-hybridized carbons (Fsp3) is 0.800. The maximum Gasteiger partial charge on any atom is 0.00417 e. The van der Waals surface area contributed by atoms with Crippen molar-refractivity contribution in [1.29, 1.82) is 0 Å². The molecule has 0 spiro atoms. The minimum atomic E-state index is 0.675. The summed E-state index contributed by atoms with van der Waals surface area (Å²) in [6.45, 7) is 7.20. The Labute approximate surface area is 69.9 Å². The Morgan fingerprint density at radius 2 is 2.36 bits per heavy atom. The van der Waals surface area contributed by atoms with E-state index in [9.17, 15) is 0 Å². The first-order chi connectivity index (χ1) is 5.33. The van der Waals surface area contributed by atoms with Crippen molar-refractivity contribution < 1.29 is 0 Å². The lowest BCUT2D eigenvalue weighted by atomic mass is 10.2. The van der Waals surface area contributed by atoms with Crippen LogP contribution in [0.25, 0.3) is 0 Å². The summed E-state index contributed by atoms with van der Waals surface area (Å²) in [5, 5.41) is 3.53. The summed E-state index contributed by atoms with van der Waals surface area (Å²) < 4.78 is 0. The van der Waals surface area contributed by atoms with Gasteiger partial charge in [-0.25, -0.2) is 0 Å². The van der Waals surface area contributed by atoms with E-state index < -0.39 is 0 Å². The van der Waals surface area contributed by atoms with Gasteiger partial charge in [0.2, 0.25) is 0 Å². The Morgan fingerprint density at radius 3 is 2.91 bits per heavy atom. The Hall–Kier alpha value is -0.300. The van der Waals surface area contributed by atoms with Gasteiger partial charge in [-0.05, 0) is 45.1 Å². The first-order valence-electron chi connectivity index (χ1n) is 4.67. The number of nitrogens with one attached hydrogen (secondary N) is 1. The lowest BCUT2D eigenvalue weighted by molar-refractivity contribution is 0.503. The first kappa shape index (κ1) is 8.79. The normalized spacial score (nSPS) is 19.7. The van der Waals surface area contributed by atoms with Crippen LogP contribution in [0.4, 0.5) is 0 Å². The molecule has 1 N–H and O–H groups in total. The summed E-state index contributed by atoms with van der Waals surface area (Å²) in [4.78, 5) is 0. The summed E-state index contributed by atoms with van der Waals surface area (Å²) in [6.07, 6.45) is 7.26. The molecule has 0 bridgehead atoms. The van der Waals surface area contributed by atoms with Crippen LogP contribution in [-0.2, 0) is 0 Å². The van der Waals surface area contributed by atoms with E-state index in [0.29, 0.717) is 6.04 Å². The Balaban J connectivity index is 1.90. The fourth-order valence-corrected chi connectivity index (χ4v) is 1.16. The molecular weight excluding hydrogens is 134 g/mol. The zero-order valence-corrected chi connectivity index (χ0v) is 7.47. The SMILES string of the molecule is C=CCCC(C)NCC1CC1. The molecule has 1 nitrogen and oxygen atoms in total. The largest absolute Gasteiger partial charge is 0.314 e. The van der Waals surface area contributed by atoms with Crippen LogP contribution in [0.2, 0.25) is 0 Å². The van der Waals surface area contributed by atoms with Crippen LogP contribution in [0.15, 0.2) is 12.7 Å². The summed E-state index contributed by atoms with van der Waals surface area (Å²) >= 11 is 0. The Bertz CT molecular complexity index is 116. The number of hydrogen-bond donors (Lipinski definition) is 1. The second kappa shape index (κ2) is 4.55. The number of allylic oxidation sites excluding steroid dienone is 1. The molecular formula is C10H19N. The Morgan fingerprint density at radius 1 is 1.64 bits per heavy atom. The van der Waals surface area contributed by atoms with Gasteiger partial charge in [-0.1, -0.05) is 6.08 Å². The molecule has 0 aromatic carbocycles. The summed E-state index contributed by atoms with van der Waals surface area (Å²) in [5.41, 5.74) is 0. The van der Waals surface area contributed by atoms with Gasteiger partial charge < -0.3 is 5.32 Å². The molecule has 1 unspecified atom stereocenters. The molecule has 0 heterocycles. The minimum Gasteiger partial charge on any atom is -0.314 e. The van der Waals surface area contributed by atoms with E-state index in [2.05, 4.69) is 18.8 Å². The van der Waals surface area contributed by atoms with Crippen molar-refractivity contribution >= 4 is 0 Å². The third kappa shape index (κ3) is 4.20. The maximum absolute atomic E-state index is 3.71. The monoisotopic (exact) mass is 153 g/mol. The molecule has 1 aliphatic carbocycles. The smallest absolute Gasteiger partial charge is 0.00417 e. The van der Waals surface area contributed by atoms with E-state index >= 15 is 0 Å². The van der Waals surface area contributed by atoms with Crippen LogP contribution in [0.1, 0.15) is 32.6 Å². The maximum atomic E-state index is 3.71. The highest BCUT2D eigenvalue weighted by Crippen LogP contribution is 2.27. The lowest BCUT2D eigenvalue weighted by Gasteiger charge is -2.11.